The molecule has 0 N–H and O–H groups in total. The molecule has 7 nitrogen and oxygen atoms in total. The maximum atomic E-state index is 11.5. The molecule has 2 aromatic carbocycles. The van der Waals surface area contributed by atoms with Crippen molar-refractivity contribution < 1.29 is 14.5 Å². The molecule has 1 aromatic heterocycles. The summed E-state index contributed by atoms with van der Waals surface area (Å²) < 4.78 is 6.62. The van der Waals surface area contributed by atoms with E-state index in [0.29, 0.717) is 17.9 Å². The number of benzene rings is 2. The van der Waals surface area contributed by atoms with Crippen LogP contribution in [0.5, 0.6) is 0 Å². The molecule has 0 bridgehead atoms. The van der Waals surface area contributed by atoms with Gasteiger partial charge in [-0.25, -0.2) is 9.78 Å². The summed E-state index contributed by atoms with van der Waals surface area (Å²) in [4.78, 5) is 26.1. The summed E-state index contributed by atoms with van der Waals surface area (Å²) >= 11 is 0. The van der Waals surface area contributed by atoms with Crippen LogP contribution in [0.15, 0.2) is 60.9 Å². The van der Waals surface area contributed by atoms with Crippen molar-refractivity contribution >= 4 is 11.7 Å². The summed E-state index contributed by atoms with van der Waals surface area (Å²) in [5.74, 6) is 0.340. The summed E-state index contributed by atoms with van der Waals surface area (Å²) in [7, 11) is 1.35. The van der Waals surface area contributed by atoms with Crippen molar-refractivity contribution in [2.45, 2.75) is 6.54 Å². The fourth-order valence-electron chi connectivity index (χ4n) is 2.49. The van der Waals surface area contributed by atoms with Gasteiger partial charge in [-0.2, -0.15) is 0 Å². The van der Waals surface area contributed by atoms with E-state index in [0.717, 1.165) is 11.1 Å². The van der Waals surface area contributed by atoms with Gasteiger partial charge in [-0.15, -0.1) is 0 Å². The Balaban J connectivity index is 1.82. The molecular formula is C18H15N3O4. The average molecular weight is 337 g/mol. The molecule has 0 saturated carbocycles. The third-order valence-corrected chi connectivity index (χ3v) is 3.78. The summed E-state index contributed by atoms with van der Waals surface area (Å²) in [6, 6.07) is 13.4. The van der Waals surface area contributed by atoms with Gasteiger partial charge < -0.3 is 9.30 Å². The van der Waals surface area contributed by atoms with E-state index in [9.17, 15) is 14.9 Å². The van der Waals surface area contributed by atoms with Gasteiger partial charge in [0.25, 0.3) is 5.69 Å². The first-order valence-corrected chi connectivity index (χ1v) is 7.51. The summed E-state index contributed by atoms with van der Waals surface area (Å²) in [6.45, 7) is 0.563. The number of hydrogen-bond donors (Lipinski definition) is 0. The third-order valence-electron chi connectivity index (χ3n) is 3.78. The third kappa shape index (κ3) is 3.55. The molecule has 1 heterocycles. The number of rotatable bonds is 5. The van der Waals surface area contributed by atoms with Crippen molar-refractivity contribution in [3.63, 3.8) is 0 Å². The zero-order valence-corrected chi connectivity index (χ0v) is 13.5. The minimum absolute atomic E-state index is 0.0419. The number of esters is 1. The first-order chi connectivity index (χ1) is 12.1. The molecule has 25 heavy (non-hydrogen) atoms. The predicted octanol–water partition coefficient (Wildman–Crippen LogP) is 3.29. The molecule has 0 aliphatic rings. The van der Waals surface area contributed by atoms with E-state index in [1.165, 1.54) is 19.2 Å². The topological polar surface area (TPSA) is 87.3 Å². The highest BCUT2D eigenvalue weighted by molar-refractivity contribution is 5.89. The maximum absolute atomic E-state index is 11.5. The van der Waals surface area contributed by atoms with Crippen molar-refractivity contribution in [1.82, 2.24) is 9.55 Å². The second-order valence-corrected chi connectivity index (χ2v) is 5.37. The van der Waals surface area contributed by atoms with Gasteiger partial charge in [-0.3, -0.25) is 10.1 Å². The number of methoxy groups -OCH3 is 1. The minimum Gasteiger partial charge on any atom is -0.465 e. The number of nitro groups is 1. The van der Waals surface area contributed by atoms with Crippen molar-refractivity contribution in [1.29, 1.82) is 0 Å². The van der Waals surface area contributed by atoms with Crippen LogP contribution in [0.2, 0.25) is 0 Å². The SMILES string of the molecule is COC(=O)c1ccc(Cn2ccnc2-c2ccc([N+](=O)[O-])cc2)cc1. The quantitative estimate of drug-likeness (QED) is 0.405. The summed E-state index contributed by atoms with van der Waals surface area (Å²) in [6.07, 6.45) is 3.52. The van der Waals surface area contributed by atoms with Crippen LogP contribution in [0.4, 0.5) is 5.69 Å². The zero-order chi connectivity index (χ0) is 17.8. The largest absolute Gasteiger partial charge is 0.465 e. The number of non-ortho nitro benzene ring substituents is 1. The van der Waals surface area contributed by atoms with Gasteiger partial charge in [0.2, 0.25) is 0 Å². The van der Waals surface area contributed by atoms with Gasteiger partial charge in [-0.05, 0) is 29.8 Å². The van der Waals surface area contributed by atoms with Crippen LogP contribution >= 0.6 is 0 Å². The second kappa shape index (κ2) is 6.96. The molecule has 0 aliphatic carbocycles. The Morgan fingerprint density at radius 3 is 2.44 bits per heavy atom. The Hall–Kier alpha value is -3.48. The van der Waals surface area contributed by atoms with E-state index in [4.69, 9.17) is 0 Å². The van der Waals surface area contributed by atoms with Crippen LogP contribution in [0.25, 0.3) is 11.4 Å². The molecule has 7 heteroatoms. The van der Waals surface area contributed by atoms with Crippen LogP contribution < -0.4 is 0 Å². The fraction of sp³-hybridized carbons (Fsp3) is 0.111. The number of carbonyl (C=O) groups is 1. The molecule has 0 amide bonds. The van der Waals surface area contributed by atoms with Crippen molar-refractivity contribution in [3.8, 4) is 11.4 Å². The van der Waals surface area contributed by atoms with Gasteiger partial charge in [0.05, 0.1) is 17.6 Å². The molecule has 3 aromatic rings. The highest BCUT2D eigenvalue weighted by Gasteiger charge is 2.10. The lowest BCUT2D eigenvalue weighted by Crippen LogP contribution is -2.03. The number of nitrogens with zero attached hydrogens (tertiary/aromatic N) is 3. The highest BCUT2D eigenvalue weighted by atomic mass is 16.6. The van der Waals surface area contributed by atoms with E-state index in [1.54, 1.807) is 30.5 Å². The van der Waals surface area contributed by atoms with E-state index in [1.807, 2.05) is 22.9 Å². The Morgan fingerprint density at radius 2 is 1.84 bits per heavy atom. The standard InChI is InChI=1S/C18H15N3O4/c1-25-18(22)15-4-2-13(3-5-15)12-20-11-10-19-17(20)14-6-8-16(9-7-14)21(23)24/h2-11H,12H2,1H3. The van der Waals surface area contributed by atoms with Gasteiger partial charge in [-0.1, -0.05) is 12.1 Å². The number of imidazole rings is 1. The summed E-state index contributed by atoms with van der Waals surface area (Å²) in [5.41, 5.74) is 2.32. The molecule has 0 spiro atoms. The number of ether oxygens (including phenoxy) is 1. The molecule has 0 saturated heterocycles. The number of hydrogen-bond acceptors (Lipinski definition) is 5. The van der Waals surface area contributed by atoms with E-state index < -0.39 is 4.92 Å². The predicted molar refractivity (Wildman–Crippen MR) is 91.2 cm³/mol. The summed E-state index contributed by atoms with van der Waals surface area (Å²) in [5, 5.41) is 10.8. The molecule has 3 rings (SSSR count). The highest BCUT2D eigenvalue weighted by Crippen LogP contribution is 2.22. The molecular weight excluding hydrogens is 322 g/mol. The van der Waals surface area contributed by atoms with Gasteiger partial charge in [0, 0.05) is 36.6 Å². The average Bonchev–Trinajstić information content (AvgIpc) is 3.10. The van der Waals surface area contributed by atoms with E-state index in [-0.39, 0.29) is 11.7 Å². The van der Waals surface area contributed by atoms with Crippen LogP contribution in [0, 0.1) is 10.1 Å². The van der Waals surface area contributed by atoms with Gasteiger partial charge in [0.1, 0.15) is 5.82 Å². The first kappa shape index (κ1) is 16.4. The van der Waals surface area contributed by atoms with Gasteiger partial charge in [0.15, 0.2) is 0 Å². The van der Waals surface area contributed by atoms with Gasteiger partial charge >= 0.3 is 5.97 Å². The van der Waals surface area contributed by atoms with Crippen molar-refractivity contribution in [3.05, 3.63) is 82.2 Å². The Morgan fingerprint density at radius 1 is 1.16 bits per heavy atom. The second-order valence-electron chi connectivity index (χ2n) is 5.37. The molecule has 0 fully saturated rings. The van der Waals surface area contributed by atoms with Crippen molar-refractivity contribution in [2.24, 2.45) is 0 Å². The van der Waals surface area contributed by atoms with E-state index in [2.05, 4.69) is 9.72 Å². The van der Waals surface area contributed by atoms with E-state index >= 15 is 0 Å². The maximum Gasteiger partial charge on any atom is 0.337 e. The number of nitro benzene ring substituents is 1. The zero-order valence-electron chi connectivity index (χ0n) is 13.5. The normalized spacial score (nSPS) is 10.4. The van der Waals surface area contributed by atoms with Crippen LogP contribution in [-0.4, -0.2) is 27.6 Å². The first-order valence-electron chi connectivity index (χ1n) is 7.51. The Bertz CT molecular complexity index is 899. The van der Waals surface area contributed by atoms with Crippen LogP contribution in [-0.2, 0) is 11.3 Å². The molecule has 0 unspecified atom stereocenters. The molecule has 0 aliphatic heterocycles. The van der Waals surface area contributed by atoms with Crippen molar-refractivity contribution in [2.75, 3.05) is 7.11 Å². The lowest BCUT2D eigenvalue weighted by atomic mass is 10.1. The monoisotopic (exact) mass is 337 g/mol. The smallest absolute Gasteiger partial charge is 0.337 e. The molecule has 0 atom stereocenters. The Labute approximate surface area is 143 Å². The van der Waals surface area contributed by atoms with Crippen LogP contribution in [0.1, 0.15) is 15.9 Å². The lowest BCUT2D eigenvalue weighted by molar-refractivity contribution is -0.384. The minimum atomic E-state index is -0.431. The fourth-order valence-corrected chi connectivity index (χ4v) is 2.49. The number of carbonyl (C=O) groups excluding carboxylic acids is 1. The molecule has 0 radical (unpaired) electrons. The lowest BCUT2D eigenvalue weighted by Gasteiger charge is -2.09. The van der Waals surface area contributed by atoms with Crippen LogP contribution in [0.3, 0.4) is 0 Å². The number of aromatic nitrogens is 2. The Kier molecular flexibility index (Phi) is 4.56. The molecule has 126 valence electrons.